The van der Waals surface area contributed by atoms with Gasteiger partial charge in [-0.05, 0) is 46.6 Å². The summed E-state index contributed by atoms with van der Waals surface area (Å²) in [5, 5.41) is 0.361. The average Bonchev–Trinajstić information content (AvgIpc) is 2.58. The molecule has 2 aromatic rings. The van der Waals surface area contributed by atoms with E-state index in [9.17, 15) is 4.39 Å². The number of hydrogen-bond acceptors (Lipinski definition) is 2. The van der Waals surface area contributed by atoms with Gasteiger partial charge in [0.15, 0.2) is 0 Å². The van der Waals surface area contributed by atoms with Crippen molar-refractivity contribution in [2.75, 3.05) is 0 Å². The Balaban J connectivity index is 2.39. The van der Waals surface area contributed by atoms with Gasteiger partial charge in [-0.15, -0.1) is 11.3 Å². The average molecular weight is 335 g/mol. The largest absolute Gasteiger partial charge is 0.320 e. The van der Waals surface area contributed by atoms with Gasteiger partial charge in [0, 0.05) is 19.2 Å². The lowest BCUT2D eigenvalue weighted by atomic mass is 10.1. The van der Waals surface area contributed by atoms with Gasteiger partial charge in [-0.25, -0.2) is 4.39 Å². The Morgan fingerprint density at radius 2 is 2.12 bits per heavy atom. The quantitative estimate of drug-likeness (QED) is 0.849. The molecule has 2 N–H and O–H groups in total. The van der Waals surface area contributed by atoms with Gasteiger partial charge >= 0.3 is 0 Å². The zero-order chi connectivity index (χ0) is 12.6. The number of nitrogens with two attached hydrogens (primary N) is 1. The molecule has 0 bridgehead atoms. The molecule has 1 aromatic carbocycles. The molecular weight excluding hydrogens is 325 g/mol. The van der Waals surface area contributed by atoms with Crippen LogP contribution in [0, 0.1) is 12.7 Å². The van der Waals surface area contributed by atoms with Crippen LogP contribution in [0.1, 0.15) is 21.4 Å². The fraction of sp³-hybridized carbons (Fsp3) is 0.167. The molecule has 1 aromatic heterocycles. The summed E-state index contributed by atoms with van der Waals surface area (Å²) in [5.74, 6) is -0.352. The summed E-state index contributed by atoms with van der Waals surface area (Å²) in [4.78, 5) is 2.16. The van der Waals surface area contributed by atoms with E-state index in [2.05, 4.69) is 15.9 Å². The molecule has 0 saturated heterocycles. The van der Waals surface area contributed by atoms with Crippen LogP contribution in [0.15, 0.2) is 28.7 Å². The SMILES string of the molecule is Cc1sc(C(N)c2ccc(F)cc2Cl)cc1Br. The third kappa shape index (κ3) is 2.71. The van der Waals surface area contributed by atoms with Crippen LogP contribution in [0.25, 0.3) is 0 Å². The Hall–Kier alpha value is -0.420. The summed E-state index contributed by atoms with van der Waals surface area (Å²) >= 11 is 11.0. The van der Waals surface area contributed by atoms with Gasteiger partial charge in [-0.2, -0.15) is 0 Å². The van der Waals surface area contributed by atoms with E-state index >= 15 is 0 Å². The standard InChI is InChI=1S/C12H10BrClFNS/c1-6-9(13)5-11(17-6)12(16)8-3-2-7(15)4-10(8)14/h2-5,12H,16H2,1H3. The molecule has 90 valence electrons. The van der Waals surface area contributed by atoms with Crippen molar-refractivity contribution in [3.63, 3.8) is 0 Å². The lowest BCUT2D eigenvalue weighted by molar-refractivity contribution is 0.626. The highest BCUT2D eigenvalue weighted by atomic mass is 79.9. The third-order valence-electron chi connectivity index (χ3n) is 2.48. The molecule has 1 atom stereocenters. The molecule has 0 fully saturated rings. The number of benzene rings is 1. The van der Waals surface area contributed by atoms with Crippen LogP contribution < -0.4 is 5.73 Å². The molecule has 0 spiro atoms. The number of halogens is 3. The first kappa shape index (κ1) is 13.0. The first-order valence-electron chi connectivity index (χ1n) is 4.95. The Bertz CT molecular complexity index is 536. The van der Waals surface area contributed by atoms with Crippen molar-refractivity contribution < 1.29 is 4.39 Å². The summed E-state index contributed by atoms with van der Waals surface area (Å²) in [6.07, 6.45) is 0. The minimum absolute atomic E-state index is 0.321. The second kappa shape index (κ2) is 5.06. The molecule has 1 heterocycles. The van der Waals surface area contributed by atoms with Crippen LogP contribution in [0.3, 0.4) is 0 Å². The van der Waals surface area contributed by atoms with E-state index in [-0.39, 0.29) is 11.9 Å². The molecule has 0 aliphatic rings. The minimum Gasteiger partial charge on any atom is -0.320 e. The number of rotatable bonds is 2. The van der Waals surface area contributed by atoms with Crippen molar-refractivity contribution in [2.45, 2.75) is 13.0 Å². The maximum atomic E-state index is 13.0. The number of hydrogen-bond donors (Lipinski definition) is 1. The van der Waals surface area contributed by atoms with Gasteiger partial charge in [0.25, 0.3) is 0 Å². The van der Waals surface area contributed by atoms with Crippen molar-refractivity contribution in [2.24, 2.45) is 5.73 Å². The van der Waals surface area contributed by atoms with Crippen molar-refractivity contribution in [1.29, 1.82) is 0 Å². The second-order valence-corrected chi connectivity index (χ2v) is 6.25. The Kier molecular flexibility index (Phi) is 3.88. The Labute approximate surface area is 117 Å². The maximum Gasteiger partial charge on any atom is 0.124 e. The van der Waals surface area contributed by atoms with Gasteiger partial charge in [-0.1, -0.05) is 17.7 Å². The minimum atomic E-state index is -0.352. The fourth-order valence-corrected chi connectivity index (χ4v) is 3.41. The van der Waals surface area contributed by atoms with E-state index in [1.54, 1.807) is 17.4 Å². The number of thiophene rings is 1. The molecule has 0 saturated carbocycles. The molecule has 0 radical (unpaired) electrons. The molecule has 5 heteroatoms. The van der Waals surface area contributed by atoms with Crippen LogP contribution in [0.5, 0.6) is 0 Å². The molecular formula is C12H10BrClFNS. The first-order chi connectivity index (χ1) is 7.99. The molecule has 0 aliphatic heterocycles. The highest BCUT2D eigenvalue weighted by molar-refractivity contribution is 9.10. The summed E-state index contributed by atoms with van der Waals surface area (Å²) in [5.41, 5.74) is 6.87. The highest BCUT2D eigenvalue weighted by Crippen LogP contribution is 2.34. The Morgan fingerprint density at radius 3 is 2.65 bits per heavy atom. The second-order valence-electron chi connectivity index (χ2n) is 3.70. The molecule has 1 unspecified atom stereocenters. The fourth-order valence-electron chi connectivity index (χ4n) is 1.54. The smallest absolute Gasteiger partial charge is 0.124 e. The van der Waals surface area contributed by atoms with Gasteiger partial charge in [-0.3, -0.25) is 0 Å². The van der Waals surface area contributed by atoms with Crippen molar-refractivity contribution in [3.8, 4) is 0 Å². The highest BCUT2D eigenvalue weighted by Gasteiger charge is 2.16. The van der Waals surface area contributed by atoms with Gasteiger partial charge < -0.3 is 5.73 Å². The first-order valence-corrected chi connectivity index (χ1v) is 6.94. The van der Waals surface area contributed by atoms with Crippen molar-refractivity contribution in [3.05, 3.63) is 54.9 Å². The van der Waals surface area contributed by atoms with Crippen molar-refractivity contribution >= 4 is 38.9 Å². The van der Waals surface area contributed by atoms with E-state index < -0.39 is 0 Å². The molecule has 1 nitrogen and oxygen atoms in total. The van der Waals surface area contributed by atoms with Gasteiger partial charge in [0.2, 0.25) is 0 Å². The van der Waals surface area contributed by atoms with E-state index in [1.165, 1.54) is 12.1 Å². The molecule has 2 rings (SSSR count). The van der Waals surface area contributed by atoms with Crippen molar-refractivity contribution in [1.82, 2.24) is 0 Å². The lowest BCUT2D eigenvalue weighted by Gasteiger charge is -2.11. The zero-order valence-electron chi connectivity index (χ0n) is 9.01. The predicted octanol–water partition coefficient (Wildman–Crippen LogP) is 4.66. The summed E-state index contributed by atoms with van der Waals surface area (Å²) in [6.45, 7) is 2.01. The van der Waals surface area contributed by atoms with E-state index in [4.69, 9.17) is 17.3 Å². The molecule has 0 amide bonds. The topological polar surface area (TPSA) is 26.0 Å². The third-order valence-corrected chi connectivity index (χ3v) is 5.03. The summed E-state index contributed by atoms with van der Waals surface area (Å²) in [6, 6.07) is 5.94. The normalized spacial score (nSPS) is 12.8. The molecule has 0 aliphatic carbocycles. The van der Waals surface area contributed by atoms with Crippen LogP contribution in [0.2, 0.25) is 5.02 Å². The predicted molar refractivity (Wildman–Crippen MR) is 74.2 cm³/mol. The summed E-state index contributed by atoms with van der Waals surface area (Å²) < 4.78 is 14.0. The van der Waals surface area contributed by atoms with Gasteiger partial charge in [0.05, 0.1) is 6.04 Å². The van der Waals surface area contributed by atoms with Crippen LogP contribution in [-0.2, 0) is 0 Å². The van der Waals surface area contributed by atoms with Gasteiger partial charge in [0.1, 0.15) is 5.82 Å². The van der Waals surface area contributed by atoms with E-state index in [0.717, 1.165) is 19.8 Å². The van der Waals surface area contributed by atoms with Crippen LogP contribution >= 0.6 is 38.9 Å². The van der Waals surface area contributed by atoms with Crippen LogP contribution in [-0.4, -0.2) is 0 Å². The molecule has 17 heavy (non-hydrogen) atoms. The summed E-state index contributed by atoms with van der Waals surface area (Å²) in [7, 11) is 0. The number of aryl methyl sites for hydroxylation is 1. The van der Waals surface area contributed by atoms with E-state index in [0.29, 0.717) is 5.02 Å². The van der Waals surface area contributed by atoms with Crippen LogP contribution in [0.4, 0.5) is 4.39 Å². The lowest BCUT2D eigenvalue weighted by Crippen LogP contribution is -2.10. The monoisotopic (exact) mass is 333 g/mol. The zero-order valence-corrected chi connectivity index (χ0v) is 12.2. The Morgan fingerprint density at radius 1 is 1.41 bits per heavy atom. The maximum absolute atomic E-state index is 13.0. The van der Waals surface area contributed by atoms with E-state index in [1.807, 2.05) is 13.0 Å².